The topological polar surface area (TPSA) is 99.8 Å². The van der Waals surface area contributed by atoms with Gasteiger partial charge in [-0.2, -0.15) is 0 Å². The third kappa shape index (κ3) is 7.69. The summed E-state index contributed by atoms with van der Waals surface area (Å²) in [4.78, 5) is 36.6. The van der Waals surface area contributed by atoms with Crippen LogP contribution in [0.5, 0.6) is 5.75 Å². The molecule has 4 amide bonds. The number of benzene rings is 1. The fraction of sp³-hybridized carbons (Fsp3) is 0.312. The van der Waals surface area contributed by atoms with E-state index < -0.39 is 11.9 Å². The van der Waals surface area contributed by atoms with Gasteiger partial charge < -0.3 is 15.4 Å². The molecule has 0 aliphatic carbocycles. The molecule has 3 N–H and O–H groups in total. The molecule has 25 heavy (non-hydrogen) atoms. The molecule has 1 rings (SSSR count). The van der Waals surface area contributed by atoms with Crippen molar-refractivity contribution in [1.29, 1.82) is 0 Å². The van der Waals surface area contributed by atoms with Gasteiger partial charge in [0.15, 0.2) is 0 Å². The molecule has 8 nitrogen and oxygen atoms in total. The van der Waals surface area contributed by atoms with Crippen molar-refractivity contribution in [2.45, 2.75) is 0 Å². The molecule has 0 saturated carbocycles. The van der Waals surface area contributed by atoms with Gasteiger partial charge in [-0.25, -0.2) is 4.79 Å². The first-order chi connectivity index (χ1) is 11.8. The van der Waals surface area contributed by atoms with E-state index in [1.54, 1.807) is 25.2 Å². The Morgan fingerprint density at radius 1 is 1.28 bits per heavy atom. The maximum atomic E-state index is 12.1. The van der Waals surface area contributed by atoms with Crippen LogP contribution >= 0.6 is 11.6 Å². The first-order valence-corrected chi connectivity index (χ1v) is 7.74. The Labute approximate surface area is 151 Å². The number of urea groups is 1. The van der Waals surface area contributed by atoms with Crippen molar-refractivity contribution < 1.29 is 19.1 Å². The lowest BCUT2D eigenvalue weighted by molar-refractivity contribution is -0.122. The SMILES string of the molecule is C=CCNC(=O)NC(=O)CN(C)CC(=O)Nc1cc(Cl)ccc1OC. The first kappa shape index (κ1) is 20.5. The molecule has 0 heterocycles. The van der Waals surface area contributed by atoms with E-state index in [9.17, 15) is 14.4 Å². The fourth-order valence-corrected chi connectivity index (χ4v) is 2.06. The fourth-order valence-electron chi connectivity index (χ4n) is 1.89. The van der Waals surface area contributed by atoms with E-state index in [1.807, 2.05) is 0 Å². The van der Waals surface area contributed by atoms with E-state index in [1.165, 1.54) is 18.1 Å². The Morgan fingerprint density at radius 2 is 1.96 bits per heavy atom. The molecular formula is C16H21ClN4O4. The predicted octanol–water partition coefficient (Wildman–Crippen LogP) is 1.23. The minimum absolute atomic E-state index is 0.0582. The van der Waals surface area contributed by atoms with Crippen LogP contribution in [0.3, 0.4) is 0 Å². The number of hydrogen-bond acceptors (Lipinski definition) is 5. The van der Waals surface area contributed by atoms with Crippen LogP contribution in [0.2, 0.25) is 5.02 Å². The van der Waals surface area contributed by atoms with Crippen LogP contribution in [0.4, 0.5) is 10.5 Å². The van der Waals surface area contributed by atoms with E-state index >= 15 is 0 Å². The summed E-state index contributed by atoms with van der Waals surface area (Å²) in [5.41, 5.74) is 0.432. The maximum Gasteiger partial charge on any atom is 0.321 e. The molecule has 0 radical (unpaired) electrons. The van der Waals surface area contributed by atoms with Gasteiger partial charge in [0.25, 0.3) is 0 Å². The molecule has 0 atom stereocenters. The number of rotatable bonds is 8. The minimum atomic E-state index is -0.619. The van der Waals surface area contributed by atoms with E-state index in [0.717, 1.165) is 0 Å². The van der Waals surface area contributed by atoms with E-state index in [-0.39, 0.29) is 25.5 Å². The van der Waals surface area contributed by atoms with Gasteiger partial charge in [0, 0.05) is 11.6 Å². The Balaban J connectivity index is 2.49. The molecule has 0 aliphatic rings. The van der Waals surface area contributed by atoms with Crippen molar-refractivity contribution in [3.8, 4) is 5.75 Å². The maximum absolute atomic E-state index is 12.1. The van der Waals surface area contributed by atoms with Gasteiger partial charge in [0.2, 0.25) is 11.8 Å². The summed E-state index contributed by atoms with van der Waals surface area (Å²) in [6.45, 7) is 3.51. The lowest BCUT2D eigenvalue weighted by Crippen LogP contribution is -2.45. The summed E-state index contributed by atoms with van der Waals surface area (Å²) < 4.78 is 5.14. The van der Waals surface area contributed by atoms with E-state index in [2.05, 4.69) is 22.5 Å². The summed E-state index contributed by atoms with van der Waals surface area (Å²) in [6, 6.07) is 4.22. The second-order valence-electron chi connectivity index (χ2n) is 5.11. The number of carbonyl (C=O) groups is 3. The first-order valence-electron chi connectivity index (χ1n) is 7.36. The van der Waals surface area contributed by atoms with Gasteiger partial charge >= 0.3 is 6.03 Å². The van der Waals surface area contributed by atoms with Crippen molar-refractivity contribution in [1.82, 2.24) is 15.5 Å². The molecule has 136 valence electrons. The summed E-state index contributed by atoms with van der Waals surface area (Å²) in [5.74, 6) is -0.416. The van der Waals surface area contributed by atoms with E-state index in [0.29, 0.717) is 16.5 Å². The number of likely N-dealkylation sites (N-methyl/N-ethyl adjacent to an activating group) is 1. The summed E-state index contributed by atoms with van der Waals surface area (Å²) >= 11 is 5.90. The molecule has 0 bridgehead atoms. The van der Waals surface area contributed by atoms with Gasteiger partial charge in [-0.15, -0.1) is 6.58 Å². The third-order valence-electron chi connectivity index (χ3n) is 2.92. The number of nitrogens with zero attached hydrogens (tertiary/aromatic N) is 1. The smallest absolute Gasteiger partial charge is 0.321 e. The average molecular weight is 369 g/mol. The number of amides is 4. The largest absolute Gasteiger partial charge is 0.495 e. The summed E-state index contributed by atoms with van der Waals surface area (Å²) in [6.07, 6.45) is 1.49. The number of ether oxygens (including phenoxy) is 1. The van der Waals surface area contributed by atoms with Crippen molar-refractivity contribution >= 4 is 35.1 Å². The zero-order valence-electron chi connectivity index (χ0n) is 14.1. The van der Waals surface area contributed by atoms with E-state index in [4.69, 9.17) is 16.3 Å². The normalized spacial score (nSPS) is 10.1. The van der Waals surface area contributed by atoms with Crippen molar-refractivity contribution in [2.24, 2.45) is 0 Å². The second-order valence-corrected chi connectivity index (χ2v) is 5.55. The van der Waals surface area contributed by atoms with Gasteiger partial charge in [-0.3, -0.25) is 19.8 Å². The molecule has 0 saturated heterocycles. The van der Waals surface area contributed by atoms with Crippen molar-refractivity contribution in [2.75, 3.05) is 39.1 Å². The molecule has 9 heteroatoms. The highest BCUT2D eigenvalue weighted by molar-refractivity contribution is 6.31. The standard InChI is InChI=1S/C16H21ClN4O4/c1-4-7-18-16(24)20-15(23)10-21(2)9-14(22)19-12-8-11(17)5-6-13(12)25-3/h4-6,8H,1,7,9-10H2,2-3H3,(H,19,22)(H2,18,20,23,24). The predicted molar refractivity (Wildman–Crippen MR) is 95.9 cm³/mol. The molecule has 0 aromatic heterocycles. The lowest BCUT2D eigenvalue weighted by atomic mass is 10.3. The third-order valence-corrected chi connectivity index (χ3v) is 3.16. The van der Waals surface area contributed by atoms with Crippen LogP contribution < -0.4 is 20.7 Å². The summed E-state index contributed by atoms with van der Waals surface area (Å²) in [7, 11) is 3.06. The number of methoxy groups -OCH3 is 1. The second kappa shape index (κ2) is 10.3. The van der Waals surface area contributed by atoms with Gasteiger partial charge in [0.05, 0.1) is 25.9 Å². The Kier molecular flexibility index (Phi) is 8.45. The van der Waals surface area contributed by atoms with Crippen molar-refractivity contribution in [3.05, 3.63) is 35.9 Å². The number of halogens is 1. The quantitative estimate of drug-likeness (QED) is 0.599. The Hall–Kier alpha value is -2.58. The number of nitrogens with one attached hydrogen (secondary N) is 3. The number of hydrogen-bond donors (Lipinski definition) is 3. The monoisotopic (exact) mass is 368 g/mol. The van der Waals surface area contributed by atoms with Gasteiger partial charge in [-0.05, 0) is 25.2 Å². The van der Waals surface area contributed by atoms with Gasteiger partial charge in [0.1, 0.15) is 5.75 Å². The van der Waals surface area contributed by atoms with Crippen LogP contribution in [-0.2, 0) is 9.59 Å². The van der Waals surface area contributed by atoms with Gasteiger partial charge in [-0.1, -0.05) is 17.7 Å². The minimum Gasteiger partial charge on any atom is -0.495 e. The molecule has 0 aliphatic heterocycles. The van der Waals surface area contributed by atoms with Crippen LogP contribution in [0.1, 0.15) is 0 Å². The van der Waals surface area contributed by atoms with Crippen LogP contribution in [0.25, 0.3) is 0 Å². The molecule has 0 spiro atoms. The van der Waals surface area contributed by atoms with Crippen LogP contribution in [-0.4, -0.2) is 56.5 Å². The van der Waals surface area contributed by atoms with Crippen LogP contribution in [0.15, 0.2) is 30.9 Å². The average Bonchev–Trinajstić information content (AvgIpc) is 2.52. The van der Waals surface area contributed by atoms with Crippen molar-refractivity contribution in [3.63, 3.8) is 0 Å². The summed E-state index contributed by atoms with van der Waals surface area (Å²) in [5, 5.41) is 7.68. The molecule has 0 unspecified atom stereocenters. The lowest BCUT2D eigenvalue weighted by Gasteiger charge is -2.16. The highest BCUT2D eigenvalue weighted by atomic mass is 35.5. The molecule has 1 aromatic rings. The Bertz CT molecular complexity index is 651. The number of imide groups is 1. The highest BCUT2D eigenvalue weighted by Gasteiger charge is 2.14. The highest BCUT2D eigenvalue weighted by Crippen LogP contribution is 2.27. The zero-order chi connectivity index (χ0) is 18.8. The Morgan fingerprint density at radius 3 is 2.60 bits per heavy atom. The number of carbonyl (C=O) groups excluding carboxylic acids is 3. The van der Waals surface area contributed by atoms with Crippen LogP contribution in [0, 0.1) is 0 Å². The molecule has 1 aromatic carbocycles. The number of anilines is 1. The zero-order valence-corrected chi connectivity index (χ0v) is 14.9. The molecular weight excluding hydrogens is 348 g/mol. The molecule has 0 fully saturated rings.